The van der Waals surface area contributed by atoms with Gasteiger partial charge in [-0.25, -0.2) is 4.39 Å². The summed E-state index contributed by atoms with van der Waals surface area (Å²) < 4.78 is 13.1. The third-order valence-electron chi connectivity index (χ3n) is 2.80. The molecule has 0 bridgehead atoms. The smallest absolute Gasteiger partial charge is 0.246 e. The number of hydrogen-bond acceptors (Lipinski definition) is 3. The Kier molecular flexibility index (Phi) is 3.29. The van der Waals surface area contributed by atoms with Crippen molar-refractivity contribution in [1.29, 1.82) is 0 Å². The highest BCUT2D eigenvalue weighted by molar-refractivity contribution is 6.02. The maximum Gasteiger partial charge on any atom is 0.246 e. The van der Waals surface area contributed by atoms with Crippen LogP contribution in [-0.4, -0.2) is 37.4 Å². The van der Waals surface area contributed by atoms with Crippen LogP contribution in [0.25, 0.3) is 0 Å². The molecule has 1 aromatic rings. The van der Waals surface area contributed by atoms with Gasteiger partial charge in [-0.2, -0.15) is 0 Å². The van der Waals surface area contributed by atoms with E-state index >= 15 is 0 Å². The summed E-state index contributed by atoms with van der Waals surface area (Å²) in [6.45, 7) is 0.0288. The molecule has 1 aliphatic heterocycles. The lowest BCUT2D eigenvalue weighted by Gasteiger charge is -2.14. The molecule has 1 unspecified atom stereocenters. The number of carbonyl (C=O) groups is 2. The Balaban J connectivity index is 2.13. The van der Waals surface area contributed by atoms with Gasteiger partial charge in [-0.15, -0.1) is 0 Å². The molecule has 96 valence electrons. The minimum atomic E-state index is -0.681. The minimum Gasteiger partial charge on any atom is -0.348 e. The highest BCUT2D eigenvalue weighted by atomic mass is 19.1. The maximum atomic E-state index is 13.1. The number of nitrogens with zero attached hydrogens (tertiary/aromatic N) is 1. The predicted molar refractivity (Wildman–Crippen MR) is 64.5 cm³/mol. The lowest BCUT2D eigenvalue weighted by Crippen LogP contribution is -2.37. The van der Waals surface area contributed by atoms with Crippen molar-refractivity contribution in [3.8, 4) is 0 Å². The van der Waals surface area contributed by atoms with Gasteiger partial charge in [0.15, 0.2) is 0 Å². The van der Waals surface area contributed by atoms with Crippen LogP contribution in [-0.2, 0) is 9.59 Å². The fourth-order valence-electron chi connectivity index (χ4n) is 1.78. The van der Waals surface area contributed by atoms with E-state index in [4.69, 9.17) is 0 Å². The van der Waals surface area contributed by atoms with E-state index in [0.717, 1.165) is 0 Å². The molecular formula is C12H14FN3O2. The lowest BCUT2D eigenvalue weighted by molar-refractivity contribution is -0.128. The molecule has 2 rings (SSSR count). The fraction of sp³-hybridized carbons (Fsp3) is 0.333. The first kappa shape index (κ1) is 12.5. The molecule has 5 nitrogen and oxygen atoms in total. The van der Waals surface area contributed by atoms with Crippen molar-refractivity contribution in [1.82, 2.24) is 10.2 Å². The topological polar surface area (TPSA) is 61.4 Å². The molecule has 1 heterocycles. The fourth-order valence-corrected chi connectivity index (χ4v) is 1.78. The molecule has 2 N–H and O–H groups in total. The first-order valence-corrected chi connectivity index (χ1v) is 5.53. The van der Waals surface area contributed by atoms with Crippen molar-refractivity contribution in [3.63, 3.8) is 0 Å². The van der Waals surface area contributed by atoms with Gasteiger partial charge in [0.1, 0.15) is 11.9 Å². The average molecular weight is 251 g/mol. The summed E-state index contributed by atoms with van der Waals surface area (Å²) in [5, 5.41) is 5.46. The van der Waals surface area contributed by atoms with Crippen LogP contribution in [0.5, 0.6) is 0 Å². The number of carbonyl (C=O) groups excluding carboxylic acids is 2. The van der Waals surface area contributed by atoms with Crippen LogP contribution >= 0.6 is 0 Å². The molecule has 0 radical (unpaired) electrons. The van der Waals surface area contributed by atoms with Gasteiger partial charge in [0, 0.05) is 25.3 Å². The average Bonchev–Trinajstić information content (AvgIpc) is 2.61. The van der Waals surface area contributed by atoms with Crippen LogP contribution in [0, 0.1) is 5.82 Å². The summed E-state index contributed by atoms with van der Waals surface area (Å²) in [5.41, 5.74) is 1.11. The largest absolute Gasteiger partial charge is 0.348 e. The van der Waals surface area contributed by atoms with E-state index in [9.17, 15) is 14.0 Å². The van der Waals surface area contributed by atoms with E-state index in [0.29, 0.717) is 11.3 Å². The van der Waals surface area contributed by atoms with E-state index in [1.54, 1.807) is 14.1 Å². The van der Waals surface area contributed by atoms with Crippen molar-refractivity contribution in [2.45, 2.75) is 6.04 Å². The second-order valence-corrected chi connectivity index (χ2v) is 4.32. The molecule has 0 spiro atoms. The number of rotatable bonds is 3. The first-order valence-electron chi connectivity index (χ1n) is 5.53. The Morgan fingerprint density at radius 1 is 1.50 bits per heavy atom. The molecule has 18 heavy (non-hydrogen) atoms. The second kappa shape index (κ2) is 4.73. The van der Waals surface area contributed by atoms with E-state index in [1.807, 2.05) is 0 Å². The van der Waals surface area contributed by atoms with Crippen LogP contribution in [0.2, 0.25) is 0 Å². The Hall–Kier alpha value is -1.95. The number of amides is 2. The quantitative estimate of drug-likeness (QED) is 0.822. The van der Waals surface area contributed by atoms with Gasteiger partial charge in [-0.3, -0.25) is 14.9 Å². The summed E-state index contributed by atoms with van der Waals surface area (Å²) in [7, 11) is 3.26. The van der Waals surface area contributed by atoms with Crippen molar-refractivity contribution >= 4 is 17.5 Å². The van der Waals surface area contributed by atoms with Crippen LogP contribution in [0.1, 0.15) is 11.6 Å². The summed E-state index contributed by atoms with van der Waals surface area (Å²) in [6.07, 6.45) is 0. The molecule has 1 aliphatic rings. The van der Waals surface area contributed by atoms with E-state index < -0.39 is 11.9 Å². The Bertz CT molecular complexity index is 502. The molecule has 1 aromatic carbocycles. The monoisotopic (exact) mass is 251 g/mol. The normalized spacial score (nSPS) is 17.3. The summed E-state index contributed by atoms with van der Waals surface area (Å²) in [6, 6.07) is 3.41. The van der Waals surface area contributed by atoms with Gasteiger partial charge in [0.2, 0.25) is 11.8 Å². The Morgan fingerprint density at radius 3 is 2.89 bits per heavy atom. The van der Waals surface area contributed by atoms with Crippen molar-refractivity contribution in [2.24, 2.45) is 0 Å². The zero-order valence-electron chi connectivity index (χ0n) is 10.2. The number of anilines is 1. The first-order chi connectivity index (χ1) is 8.49. The Labute approximate surface area is 104 Å². The zero-order valence-corrected chi connectivity index (χ0v) is 10.2. The standard InChI is InChI=1S/C12H14FN3O2/c1-16(2)10(17)6-14-11-8-5-7(13)3-4-9(8)15-12(11)18/h3-5,11,14H,6H2,1-2H3,(H,15,18). The SMILES string of the molecule is CN(C)C(=O)CNC1C(=O)Nc2ccc(F)cc21. The molecule has 2 amide bonds. The molecule has 0 aromatic heterocycles. The summed E-state index contributed by atoms with van der Waals surface area (Å²) in [4.78, 5) is 24.6. The van der Waals surface area contributed by atoms with Crippen LogP contribution in [0.15, 0.2) is 18.2 Å². The number of likely N-dealkylation sites (N-methyl/N-ethyl adjacent to an activating group) is 1. The number of benzene rings is 1. The van der Waals surface area contributed by atoms with Gasteiger partial charge < -0.3 is 10.2 Å². The molecule has 0 aliphatic carbocycles. The van der Waals surface area contributed by atoms with Gasteiger partial charge in [-0.1, -0.05) is 0 Å². The van der Waals surface area contributed by atoms with Crippen LogP contribution in [0.3, 0.4) is 0 Å². The number of fused-ring (bicyclic) bond motifs is 1. The van der Waals surface area contributed by atoms with Crippen LogP contribution in [0.4, 0.5) is 10.1 Å². The minimum absolute atomic E-state index is 0.0288. The van der Waals surface area contributed by atoms with Crippen molar-refractivity contribution in [2.75, 3.05) is 26.0 Å². The third-order valence-corrected chi connectivity index (χ3v) is 2.80. The highest BCUT2D eigenvalue weighted by Gasteiger charge is 2.30. The maximum absolute atomic E-state index is 13.1. The highest BCUT2D eigenvalue weighted by Crippen LogP contribution is 2.30. The molecule has 0 saturated heterocycles. The lowest BCUT2D eigenvalue weighted by atomic mass is 10.1. The number of halogens is 1. The molecule has 0 fully saturated rings. The third kappa shape index (κ3) is 2.33. The molecule has 6 heteroatoms. The van der Waals surface area contributed by atoms with Crippen molar-refractivity contribution in [3.05, 3.63) is 29.6 Å². The number of hydrogen-bond donors (Lipinski definition) is 2. The summed E-state index contributed by atoms with van der Waals surface area (Å²) >= 11 is 0. The van der Waals surface area contributed by atoms with Crippen LogP contribution < -0.4 is 10.6 Å². The zero-order chi connectivity index (χ0) is 13.3. The molecule has 1 atom stereocenters. The van der Waals surface area contributed by atoms with Gasteiger partial charge in [0.25, 0.3) is 0 Å². The Morgan fingerprint density at radius 2 is 2.22 bits per heavy atom. The molecule has 0 saturated carbocycles. The van der Waals surface area contributed by atoms with Crippen molar-refractivity contribution < 1.29 is 14.0 Å². The van der Waals surface area contributed by atoms with E-state index in [1.165, 1.54) is 23.1 Å². The summed E-state index contributed by atoms with van der Waals surface area (Å²) in [5.74, 6) is -0.828. The molecular weight excluding hydrogens is 237 g/mol. The second-order valence-electron chi connectivity index (χ2n) is 4.32. The van der Waals surface area contributed by atoms with Gasteiger partial charge in [0.05, 0.1) is 6.54 Å². The van der Waals surface area contributed by atoms with Gasteiger partial charge in [-0.05, 0) is 18.2 Å². The van der Waals surface area contributed by atoms with E-state index in [-0.39, 0.29) is 18.4 Å². The number of nitrogens with one attached hydrogen (secondary N) is 2. The van der Waals surface area contributed by atoms with E-state index in [2.05, 4.69) is 10.6 Å². The van der Waals surface area contributed by atoms with Gasteiger partial charge >= 0.3 is 0 Å². The predicted octanol–water partition coefficient (Wildman–Crippen LogP) is 0.497.